The lowest BCUT2D eigenvalue weighted by atomic mass is 10.6. The molecule has 0 saturated heterocycles. The van der Waals surface area contributed by atoms with Crippen LogP contribution in [0.3, 0.4) is 0 Å². The number of nitrogens with zero attached hydrogens (tertiary/aromatic N) is 1. The van der Waals surface area contributed by atoms with E-state index in [-0.39, 0.29) is 13.2 Å². The van der Waals surface area contributed by atoms with E-state index in [4.69, 9.17) is 4.74 Å². The first-order valence-corrected chi connectivity index (χ1v) is 3.68. The third-order valence-electron chi connectivity index (χ3n) is 1.09. The average molecular weight is 185 g/mol. The van der Waals surface area contributed by atoms with Crippen LogP contribution in [0, 0.1) is 0 Å². The zero-order valence-electron chi connectivity index (χ0n) is 7.36. The first kappa shape index (κ1) is 11.6. The minimum Gasteiger partial charge on any atom is -0.460 e. The highest BCUT2D eigenvalue weighted by Gasteiger charge is 1.99. The second-order valence-corrected chi connectivity index (χ2v) is 2.06. The topological polar surface area (TPSA) is 65.0 Å². The highest BCUT2D eigenvalue weighted by Crippen LogP contribution is 1.90. The van der Waals surface area contributed by atoms with Crippen molar-refractivity contribution in [2.45, 2.75) is 13.2 Å². The summed E-state index contributed by atoms with van der Waals surface area (Å²) in [5, 5.41) is 0. The summed E-state index contributed by atoms with van der Waals surface area (Å²) in [7, 11) is 0. The Labute approximate surface area is 76.0 Å². The van der Waals surface area contributed by atoms with Gasteiger partial charge >= 0.3 is 5.97 Å². The molecule has 0 aliphatic heterocycles. The Kier molecular flexibility index (Phi) is 6.41. The van der Waals surface area contributed by atoms with Gasteiger partial charge < -0.3 is 9.47 Å². The molecule has 0 rings (SSSR count). The maximum absolute atomic E-state index is 10.5. The maximum Gasteiger partial charge on any atom is 0.330 e. The standard InChI is InChI=1S/C8H11NO4/c1-3-8(11)13-5-4-12-7(2)9-6-10/h3,7H,1,4-5H2,2H3. The van der Waals surface area contributed by atoms with Gasteiger partial charge in [0.15, 0.2) is 6.23 Å². The monoisotopic (exact) mass is 185 g/mol. The summed E-state index contributed by atoms with van der Waals surface area (Å²) in [5.41, 5.74) is 0. The highest BCUT2D eigenvalue weighted by molar-refractivity contribution is 5.81. The van der Waals surface area contributed by atoms with Crippen molar-refractivity contribution in [2.75, 3.05) is 13.2 Å². The van der Waals surface area contributed by atoms with Crippen molar-refractivity contribution in [3.05, 3.63) is 12.7 Å². The van der Waals surface area contributed by atoms with Crippen molar-refractivity contribution in [2.24, 2.45) is 4.99 Å². The Bertz CT molecular complexity index is 220. The van der Waals surface area contributed by atoms with Crippen LogP contribution in [0.15, 0.2) is 17.6 Å². The van der Waals surface area contributed by atoms with Crippen molar-refractivity contribution in [3.8, 4) is 0 Å². The number of rotatable bonds is 6. The van der Waals surface area contributed by atoms with Gasteiger partial charge in [0.05, 0.1) is 6.61 Å². The van der Waals surface area contributed by atoms with E-state index in [9.17, 15) is 9.59 Å². The van der Waals surface area contributed by atoms with E-state index in [2.05, 4.69) is 16.3 Å². The van der Waals surface area contributed by atoms with Gasteiger partial charge in [0, 0.05) is 6.08 Å². The van der Waals surface area contributed by atoms with Crippen LogP contribution >= 0.6 is 0 Å². The fourth-order valence-corrected chi connectivity index (χ4v) is 0.531. The number of ether oxygens (including phenoxy) is 2. The molecule has 1 unspecified atom stereocenters. The van der Waals surface area contributed by atoms with E-state index >= 15 is 0 Å². The molecule has 0 aliphatic rings. The molecule has 5 heteroatoms. The Morgan fingerprint density at radius 2 is 2.38 bits per heavy atom. The summed E-state index contributed by atoms with van der Waals surface area (Å²) in [6, 6.07) is 0. The zero-order chi connectivity index (χ0) is 10.1. The largest absolute Gasteiger partial charge is 0.460 e. The van der Waals surface area contributed by atoms with E-state index < -0.39 is 12.2 Å². The second kappa shape index (κ2) is 7.21. The summed E-state index contributed by atoms with van der Waals surface area (Å²) < 4.78 is 9.53. The number of carbonyl (C=O) groups excluding carboxylic acids is 2. The molecule has 0 amide bonds. The lowest BCUT2D eigenvalue weighted by molar-refractivity contribution is -0.139. The van der Waals surface area contributed by atoms with Crippen molar-refractivity contribution in [1.82, 2.24) is 0 Å². The van der Waals surface area contributed by atoms with E-state index in [1.54, 1.807) is 6.92 Å². The van der Waals surface area contributed by atoms with E-state index in [0.29, 0.717) is 0 Å². The SMILES string of the molecule is C=CC(=O)OCCOC(C)N=C=O. The lowest BCUT2D eigenvalue weighted by Gasteiger charge is -2.05. The fraction of sp³-hybridized carbons (Fsp3) is 0.500. The third kappa shape index (κ3) is 6.93. The van der Waals surface area contributed by atoms with Gasteiger partial charge in [-0.3, -0.25) is 0 Å². The van der Waals surface area contributed by atoms with Gasteiger partial charge in [-0.1, -0.05) is 6.58 Å². The van der Waals surface area contributed by atoms with Gasteiger partial charge in [-0.25, -0.2) is 9.59 Å². The fourth-order valence-electron chi connectivity index (χ4n) is 0.531. The summed E-state index contributed by atoms with van der Waals surface area (Å²) in [6.07, 6.45) is 1.86. The molecule has 13 heavy (non-hydrogen) atoms. The van der Waals surface area contributed by atoms with Crippen LogP contribution in [0.25, 0.3) is 0 Å². The third-order valence-corrected chi connectivity index (χ3v) is 1.09. The van der Waals surface area contributed by atoms with Crippen molar-refractivity contribution in [1.29, 1.82) is 0 Å². The molecule has 0 N–H and O–H groups in total. The maximum atomic E-state index is 10.5. The number of esters is 1. The summed E-state index contributed by atoms with van der Waals surface area (Å²) in [5.74, 6) is -0.504. The number of carbonyl (C=O) groups is 1. The number of hydrogen-bond donors (Lipinski definition) is 0. The van der Waals surface area contributed by atoms with Gasteiger partial charge in [0.2, 0.25) is 6.08 Å². The van der Waals surface area contributed by atoms with Crippen molar-refractivity contribution >= 4 is 12.0 Å². The van der Waals surface area contributed by atoms with E-state index in [0.717, 1.165) is 6.08 Å². The predicted molar refractivity (Wildman–Crippen MR) is 44.7 cm³/mol. The van der Waals surface area contributed by atoms with Gasteiger partial charge in [-0.2, -0.15) is 4.99 Å². The van der Waals surface area contributed by atoms with Crippen molar-refractivity contribution in [3.63, 3.8) is 0 Å². The number of hydrogen-bond acceptors (Lipinski definition) is 5. The number of isocyanates is 1. The summed E-state index contributed by atoms with van der Waals surface area (Å²) in [6.45, 7) is 5.10. The molecule has 72 valence electrons. The minimum atomic E-state index is -0.556. The molecule has 0 bridgehead atoms. The van der Waals surface area contributed by atoms with Gasteiger partial charge in [0.1, 0.15) is 6.61 Å². The van der Waals surface area contributed by atoms with Crippen LogP contribution in [0.4, 0.5) is 0 Å². The van der Waals surface area contributed by atoms with Crippen LogP contribution in [0.5, 0.6) is 0 Å². The minimum absolute atomic E-state index is 0.115. The Morgan fingerprint density at radius 3 is 2.92 bits per heavy atom. The molecule has 0 aromatic carbocycles. The molecule has 0 aliphatic carbocycles. The van der Waals surface area contributed by atoms with Gasteiger partial charge in [-0.05, 0) is 6.92 Å². The molecule has 0 heterocycles. The first-order valence-electron chi connectivity index (χ1n) is 3.68. The molecule has 0 saturated carbocycles. The Balaban J connectivity index is 3.40. The van der Waals surface area contributed by atoms with Gasteiger partial charge in [-0.15, -0.1) is 0 Å². The summed E-state index contributed by atoms with van der Waals surface area (Å²) >= 11 is 0. The molecule has 1 atom stereocenters. The Hall–Kier alpha value is -1.45. The van der Waals surface area contributed by atoms with Crippen LogP contribution in [-0.2, 0) is 19.1 Å². The lowest BCUT2D eigenvalue weighted by Crippen LogP contribution is -2.12. The smallest absolute Gasteiger partial charge is 0.330 e. The molecule has 5 nitrogen and oxygen atoms in total. The van der Waals surface area contributed by atoms with Crippen LogP contribution < -0.4 is 0 Å². The molecular formula is C8H11NO4. The zero-order valence-corrected chi connectivity index (χ0v) is 7.36. The van der Waals surface area contributed by atoms with Gasteiger partial charge in [0.25, 0.3) is 0 Å². The molecule has 0 radical (unpaired) electrons. The second-order valence-electron chi connectivity index (χ2n) is 2.06. The molecule has 0 aromatic rings. The van der Waals surface area contributed by atoms with E-state index in [1.165, 1.54) is 6.08 Å². The summed E-state index contributed by atoms with van der Waals surface area (Å²) in [4.78, 5) is 23.5. The van der Waals surface area contributed by atoms with Crippen molar-refractivity contribution < 1.29 is 19.1 Å². The van der Waals surface area contributed by atoms with Crippen LogP contribution in [0.1, 0.15) is 6.92 Å². The molecular weight excluding hydrogens is 174 g/mol. The molecule has 0 fully saturated rings. The van der Waals surface area contributed by atoms with E-state index in [1.807, 2.05) is 0 Å². The first-order chi connectivity index (χ1) is 6.20. The van der Waals surface area contributed by atoms with Crippen LogP contribution in [-0.4, -0.2) is 31.5 Å². The van der Waals surface area contributed by atoms with Crippen LogP contribution in [0.2, 0.25) is 0 Å². The molecule has 0 spiro atoms. The highest BCUT2D eigenvalue weighted by atomic mass is 16.6. The Morgan fingerprint density at radius 1 is 1.69 bits per heavy atom. The normalized spacial score (nSPS) is 11.2. The number of aliphatic imine (C=N–C) groups is 1. The predicted octanol–water partition coefficient (Wildman–Crippen LogP) is 0.414. The average Bonchev–Trinajstić information content (AvgIpc) is 2.12. The quantitative estimate of drug-likeness (QED) is 0.198. The molecule has 0 aromatic heterocycles.